The number of rotatable bonds is 4. The summed E-state index contributed by atoms with van der Waals surface area (Å²) in [6.45, 7) is 4.65. The van der Waals surface area contributed by atoms with Crippen LogP contribution in [0.25, 0.3) is 0 Å². The van der Waals surface area contributed by atoms with Gasteiger partial charge < -0.3 is 10.2 Å². The first-order valence-corrected chi connectivity index (χ1v) is 7.05. The van der Waals surface area contributed by atoms with Gasteiger partial charge >= 0.3 is 0 Å². The van der Waals surface area contributed by atoms with Crippen LogP contribution in [0.15, 0.2) is 12.1 Å². The lowest BCUT2D eigenvalue weighted by Gasteiger charge is -2.40. The Morgan fingerprint density at radius 3 is 2.74 bits per heavy atom. The second kappa shape index (κ2) is 5.15. The van der Waals surface area contributed by atoms with E-state index >= 15 is 0 Å². The van der Waals surface area contributed by atoms with Gasteiger partial charge in [-0.05, 0) is 31.9 Å². The lowest BCUT2D eigenvalue weighted by Crippen LogP contribution is -2.52. The molecule has 0 spiro atoms. The minimum Gasteiger partial charge on any atom is -0.355 e. The van der Waals surface area contributed by atoms with E-state index in [0.29, 0.717) is 11.8 Å². The Morgan fingerprint density at radius 2 is 2.16 bits per heavy atom. The standard InChI is InChI=1S/C14H20N4O/c1-10-5-6-13(17-16-10)18-8-11(9-18)7-15-14(19)12-3-2-4-12/h5-6,11-12H,2-4,7-9H2,1H3,(H,15,19). The Hall–Kier alpha value is -1.65. The Labute approximate surface area is 113 Å². The van der Waals surface area contributed by atoms with Gasteiger partial charge in [0, 0.05) is 31.5 Å². The first-order valence-electron chi connectivity index (χ1n) is 7.05. The van der Waals surface area contributed by atoms with Gasteiger partial charge in [0.05, 0.1) is 5.69 Å². The fraction of sp³-hybridized carbons (Fsp3) is 0.643. The number of carbonyl (C=O) groups is 1. The van der Waals surface area contributed by atoms with Crippen LogP contribution >= 0.6 is 0 Å². The van der Waals surface area contributed by atoms with Gasteiger partial charge in [-0.2, -0.15) is 5.10 Å². The van der Waals surface area contributed by atoms with Crippen molar-refractivity contribution < 1.29 is 4.79 Å². The molecule has 1 aromatic rings. The zero-order valence-corrected chi connectivity index (χ0v) is 11.3. The number of hydrogen-bond donors (Lipinski definition) is 1. The molecule has 102 valence electrons. The zero-order valence-electron chi connectivity index (χ0n) is 11.3. The molecule has 2 aliphatic rings. The SMILES string of the molecule is Cc1ccc(N2CC(CNC(=O)C3CCC3)C2)nn1. The molecule has 3 rings (SSSR count). The first kappa shape index (κ1) is 12.4. The topological polar surface area (TPSA) is 58.1 Å². The average molecular weight is 260 g/mol. The molecule has 0 aromatic carbocycles. The fourth-order valence-corrected chi connectivity index (χ4v) is 2.51. The monoisotopic (exact) mass is 260 g/mol. The van der Waals surface area contributed by atoms with E-state index in [1.54, 1.807) is 0 Å². The average Bonchev–Trinajstić information content (AvgIpc) is 2.27. The molecule has 1 aliphatic carbocycles. The van der Waals surface area contributed by atoms with Crippen molar-refractivity contribution in [3.8, 4) is 0 Å². The molecule has 5 nitrogen and oxygen atoms in total. The van der Waals surface area contributed by atoms with Crippen molar-refractivity contribution in [3.05, 3.63) is 17.8 Å². The van der Waals surface area contributed by atoms with E-state index in [0.717, 1.165) is 44.0 Å². The van der Waals surface area contributed by atoms with Crippen molar-refractivity contribution in [3.63, 3.8) is 0 Å². The summed E-state index contributed by atoms with van der Waals surface area (Å²) in [5.74, 6) is 2.03. The van der Waals surface area contributed by atoms with Crippen LogP contribution in [0.4, 0.5) is 5.82 Å². The molecular weight excluding hydrogens is 240 g/mol. The maximum atomic E-state index is 11.7. The smallest absolute Gasteiger partial charge is 0.223 e. The van der Waals surface area contributed by atoms with Crippen molar-refractivity contribution in [2.75, 3.05) is 24.5 Å². The number of amides is 1. The summed E-state index contributed by atoms with van der Waals surface area (Å²) in [5, 5.41) is 11.3. The molecule has 0 bridgehead atoms. The third-order valence-corrected chi connectivity index (χ3v) is 4.11. The number of hydrogen-bond acceptors (Lipinski definition) is 4. The summed E-state index contributed by atoms with van der Waals surface area (Å²) in [5.41, 5.74) is 0.939. The van der Waals surface area contributed by atoms with Crippen LogP contribution in [-0.4, -0.2) is 35.7 Å². The van der Waals surface area contributed by atoms with Crippen molar-refractivity contribution in [2.45, 2.75) is 26.2 Å². The largest absolute Gasteiger partial charge is 0.355 e. The third-order valence-electron chi connectivity index (χ3n) is 4.11. The van der Waals surface area contributed by atoms with E-state index in [1.807, 2.05) is 19.1 Å². The summed E-state index contributed by atoms with van der Waals surface area (Å²) in [7, 11) is 0. The van der Waals surface area contributed by atoms with E-state index in [1.165, 1.54) is 6.42 Å². The number of aryl methyl sites for hydroxylation is 1. The lowest BCUT2D eigenvalue weighted by molar-refractivity contribution is -0.127. The molecule has 1 saturated carbocycles. The van der Waals surface area contributed by atoms with Gasteiger partial charge in [0.15, 0.2) is 5.82 Å². The number of nitrogens with zero attached hydrogens (tertiary/aromatic N) is 3. The Balaban J connectivity index is 1.40. The Kier molecular flexibility index (Phi) is 3.36. The van der Waals surface area contributed by atoms with Crippen LogP contribution in [0.5, 0.6) is 0 Å². The lowest BCUT2D eigenvalue weighted by atomic mass is 9.84. The molecule has 0 atom stereocenters. The van der Waals surface area contributed by atoms with Gasteiger partial charge in [0.1, 0.15) is 0 Å². The first-order chi connectivity index (χ1) is 9.22. The van der Waals surface area contributed by atoms with Gasteiger partial charge in [-0.3, -0.25) is 4.79 Å². The fourth-order valence-electron chi connectivity index (χ4n) is 2.51. The molecule has 0 unspecified atom stereocenters. The molecule has 1 N–H and O–H groups in total. The van der Waals surface area contributed by atoms with E-state index in [4.69, 9.17) is 0 Å². The summed E-state index contributed by atoms with van der Waals surface area (Å²) >= 11 is 0. The van der Waals surface area contributed by atoms with E-state index < -0.39 is 0 Å². The second-order valence-electron chi connectivity index (χ2n) is 5.68. The number of nitrogens with one attached hydrogen (secondary N) is 1. The van der Waals surface area contributed by atoms with Crippen LogP contribution < -0.4 is 10.2 Å². The predicted molar refractivity (Wildman–Crippen MR) is 72.8 cm³/mol. The van der Waals surface area contributed by atoms with Crippen molar-refractivity contribution in [2.24, 2.45) is 11.8 Å². The minimum absolute atomic E-state index is 0.250. The van der Waals surface area contributed by atoms with Gasteiger partial charge in [0.25, 0.3) is 0 Å². The van der Waals surface area contributed by atoms with Crippen LogP contribution in [-0.2, 0) is 4.79 Å². The van der Waals surface area contributed by atoms with Crippen LogP contribution in [0.3, 0.4) is 0 Å². The molecule has 1 saturated heterocycles. The molecule has 1 aliphatic heterocycles. The molecule has 2 fully saturated rings. The van der Waals surface area contributed by atoms with Crippen LogP contribution in [0, 0.1) is 18.8 Å². The van der Waals surface area contributed by atoms with Gasteiger partial charge in [-0.15, -0.1) is 5.10 Å². The minimum atomic E-state index is 0.250. The van der Waals surface area contributed by atoms with Crippen LogP contribution in [0.1, 0.15) is 25.0 Å². The molecule has 2 heterocycles. The quantitative estimate of drug-likeness (QED) is 0.882. The summed E-state index contributed by atoms with van der Waals surface area (Å²) < 4.78 is 0. The Bertz CT molecular complexity index is 449. The summed E-state index contributed by atoms with van der Waals surface area (Å²) in [4.78, 5) is 13.9. The predicted octanol–water partition coefficient (Wildman–Crippen LogP) is 1.14. The second-order valence-corrected chi connectivity index (χ2v) is 5.68. The maximum absolute atomic E-state index is 11.7. The molecule has 5 heteroatoms. The normalized spacial score (nSPS) is 19.7. The molecule has 0 radical (unpaired) electrons. The highest BCUT2D eigenvalue weighted by Crippen LogP contribution is 2.26. The van der Waals surface area contributed by atoms with Crippen molar-refractivity contribution in [1.29, 1.82) is 0 Å². The van der Waals surface area contributed by atoms with Gasteiger partial charge in [-0.1, -0.05) is 6.42 Å². The molecular formula is C14H20N4O. The van der Waals surface area contributed by atoms with Gasteiger partial charge in [0.2, 0.25) is 5.91 Å². The van der Waals surface area contributed by atoms with Crippen molar-refractivity contribution in [1.82, 2.24) is 15.5 Å². The zero-order chi connectivity index (χ0) is 13.2. The van der Waals surface area contributed by atoms with Gasteiger partial charge in [-0.25, -0.2) is 0 Å². The molecule has 1 aromatic heterocycles. The summed E-state index contributed by atoms with van der Waals surface area (Å²) in [6, 6.07) is 3.99. The van der Waals surface area contributed by atoms with E-state index in [9.17, 15) is 4.79 Å². The maximum Gasteiger partial charge on any atom is 0.223 e. The molecule has 19 heavy (non-hydrogen) atoms. The Morgan fingerprint density at radius 1 is 1.37 bits per heavy atom. The highest BCUT2D eigenvalue weighted by atomic mass is 16.1. The number of carbonyl (C=O) groups excluding carboxylic acids is 1. The summed E-state index contributed by atoms with van der Waals surface area (Å²) in [6.07, 6.45) is 3.35. The highest BCUT2D eigenvalue weighted by Gasteiger charge is 2.30. The highest BCUT2D eigenvalue weighted by molar-refractivity contribution is 5.79. The molecule has 1 amide bonds. The van der Waals surface area contributed by atoms with Crippen LogP contribution in [0.2, 0.25) is 0 Å². The van der Waals surface area contributed by atoms with Crippen molar-refractivity contribution >= 4 is 11.7 Å². The number of aromatic nitrogens is 2. The number of anilines is 1. The van der Waals surface area contributed by atoms with E-state index in [-0.39, 0.29) is 5.91 Å². The third kappa shape index (κ3) is 2.69. The van der Waals surface area contributed by atoms with E-state index in [2.05, 4.69) is 20.4 Å².